The molecule has 4 nitrogen and oxygen atoms in total. The average Bonchev–Trinajstić information content (AvgIpc) is 2.83. The van der Waals surface area contributed by atoms with Crippen LogP contribution in [0.15, 0.2) is 72.8 Å². The van der Waals surface area contributed by atoms with E-state index >= 15 is 0 Å². The number of nitrogens with zero attached hydrogens (tertiary/aromatic N) is 1. The third-order valence-corrected chi connectivity index (χ3v) is 6.69. The number of hydrogen-bond acceptors (Lipinski definition) is 2. The molecular formula is C28H29Cl3N2O2. The molecule has 0 saturated heterocycles. The fourth-order valence-electron chi connectivity index (χ4n) is 3.76. The van der Waals surface area contributed by atoms with E-state index in [1.807, 2.05) is 62.4 Å². The zero-order valence-electron chi connectivity index (χ0n) is 19.8. The molecule has 1 N–H and O–H groups in total. The summed E-state index contributed by atoms with van der Waals surface area (Å²) in [5.41, 5.74) is 2.45. The van der Waals surface area contributed by atoms with E-state index in [0.717, 1.165) is 17.5 Å². The van der Waals surface area contributed by atoms with E-state index in [-0.39, 0.29) is 30.8 Å². The summed E-state index contributed by atoms with van der Waals surface area (Å²) in [6, 6.07) is 21.3. The zero-order valence-corrected chi connectivity index (χ0v) is 22.1. The van der Waals surface area contributed by atoms with Gasteiger partial charge in [0.05, 0.1) is 6.42 Å². The molecule has 3 rings (SSSR count). The number of benzene rings is 3. The Hall–Kier alpha value is -2.53. The van der Waals surface area contributed by atoms with Crippen molar-refractivity contribution in [1.82, 2.24) is 10.2 Å². The maximum Gasteiger partial charge on any atom is 0.243 e. The first-order valence-corrected chi connectivity index (χ1v) is 12.7. The number of carbonyl (C=O) groups excluding carboxylic acids is 2. The Kier molecular flexibility index (Phi) is 10.0. The minimum atomic E-state index is -0.719. The largest absolute Gasteiger partial charge is 0.352 e. The van der Waals surface area contributed by atoms with Crippen LogP contribution in [0.5, 0.6) is 0 Å². The van der Waals surface area contributed by atoms with Gasteiger partial charge in [0.1, 0.15) is 6.04 Å². The summed E-state index contributed by atoms with van der Waals surface area (Å²) in [5.74, 6) is -0.407. The van der Waals surface area contributed by atoms with Crippen LogP contribution in [0.3, 0.4) is 0 Å². The van der Waals surface area contributed by atoms with Crippen LogP contribution < -0.4 is 5.32 Å². The Morgan fingerprint density at radius 2 is 1.57 bits per heavy atom. The van der Waals surface area contributed by atoms with Gasteiger partial charge in [-0.2, -0.15) is 0 Å². The highest BCUT2D eigenvalue weighted by Gasteiger charge is 2.31. The normalized spacial score (nSPS) is 12.6. The topological polar surface area (TPSA) is 49.4 Å². The van der Waals surface area contributed by atoms with Crippen molar-refractivity contribution in [2.75, 3.05) is 0 Å². The van der Waals surface area contributed by atoms with Crippen molar-refractivity contribution in [2.24, 2.45) is 0 Å². The second-order valence-electron chi connectivity index (χ2n) is 8.59. The maximum absolute atomic E-state index is 13.8. The fourth-order valence-corrected chi connectivity index (χ4v) is 4.44. The van der Waals surface area contributed by atoms with Crippen molar-refractivity contribution in [1.29, 1.82) is 0 Å². The predicted molar refractivity (Wildman–Crippen MR) is 144 cm³/mol. The lowest BCUT2D eigenvalue weighted by atomic mass is 10.0. The predicted octanol–water partition coefficient (Wildman–Crippen LogP) is 6.74. The van der Waals surface area contributed by atoms with Gasteiger partial charge in [-0.15, -0.1) is 0 Å². The number of amides is 2. The summed E-state index contributed by atoms with van der Waals surface area (Å²) in [4.78, 5) is 28.9. The van der Waals surface area contributed by atoms with Crippen LogP contribution in [0.4, 0.5) is 0 Å². The van der Waals surface area contributed by atoms with Gasteiger partial charge in [0.15, 0.2) is 0 Å². The van der Waals surface area contributed by atoms with E-state index < -0.39 is 6.04 Å². The third kappa shape index (κ3) is 7.99. The van der Waals surface area contributed by atoms with Gasteiger partial charge in [-0.05, 0) is 54.3 Å². The van der Waals surface area contributed by atoms with Crippen LogP contribution in [0, 0.1) is 0 Å². The summed E-state index contributed by atoms with van der Waals surface area (Å²) in [5, 5.41) is 4.54. The molecule has 0 saturated carbocycles. The third-order valence-electron chi connectivity index (χ3n) is 5.87. The Morgan fingerprint density at radius 1 is 0.886 bits per heavy atom. The molecule has 3 aromatic carbocycles. The maximum atomic E-state index is 13.8. The van der Waals surface area contributed by atoms with Crippen LogP contribution >= 0.6 is 34.8 Å². The first-order chi connectivity index (χ1) is 16.8. The quantitative estimate of drug-likeness (QED) is 0.315. The zero-order chi connectivity index (χ0) is 25.4. The van der Waals surface area contributed by atoms with Crippen molar-refractivity contribution in [3.63, 3.8) is 0 Å². The molecule has 7 heteroatoms. The molecule has 0 aromatic heterocycles. The number of halogens is 3. The number of carbonyl (C=O) groups is 2. The van der Waals surface area contributed by atoms with Crippen LogP contribution in [-0.4, -0.2) is 28.8 Å². The van der Waals surface area contributed by atoms with E-state index in [4.69, 9.17) is 34.8 Å². The van der Waals surface area contributed by atoms with E-state index in [0.29, 0.717) is 27.1 Å². The lowest BCUT2D eigenvalue weighted by Crippen LogP contribution is -2.52. The average molecular weight is 532 g/mol. The highest BCUT2D eigenvalue weighted by atomic mass is 35.5. The van der Waals surface area contributed by atoms with Gasteiger partial charge in [-0.25, -0.2) is 0 Å². The molecule has 0 unspecified atom stereocenters. The summed E-state index contributed by atoms with van der Waals surface area (Å²) in [6.45, 7) is 4.19. The van der Waals surface area contributed by atoms with Crippen LogP contribution in [-0.2, 0) is 29.0 Å². The van der Waals surface area contributed by atoms with Gasteiger partial charge in [0.2, 0.25) is 11.8 Å². The second kappa shape index (κ2) is 13.0. The Labute approximate surface area is 222 Å². The van der Waals surface area contributed by atoms with Crippen molar-refractivity contribution in [3.05, 3.63) is 105 Å². The standard InChI is InChI=1S/C28H29Cl3N2O2/c1-3-19(2)32-28(35)26(15-20-8-5-4-6-9-20)33(18-21-10-7-11-23(29)14-21)27(34)16-22-12-13-24(30)17-25(22)31/h4-14,17,19,26H,3,15-16,18H2,1-2H3,(H,32,35)/t19-,26+/m0/s1. The smallest absolute Gasteiger partial charge is 0.243 e. The van der Waals surface area contributed by atoms with Gasteiger partial charge >= 0.3 is 0 Å². The molecule has 184 valence electrons. The van der Waals surface area contributed by atoms with Gasteiger partial charge < -0.3 is 10.2 Å². The van der Waals surface area contributed by atoms with E-state index in [1.54, 1.807) is 29.2 Å². The molecule has 0 radical (unpaired) electrons. The monoisotopic (exact) mass is 530 g/mol. The first-order valence-electron chi connectivity index (χ1n) is 11.6. The molecule has 0 aliphatic rings. The van der Waals surface area contributed by atoms with Crippen molar-refractivity contribution >= 4 is 46.6 Å². The van der Waals surface area contributed by atoms with Gasteiger partial charge in [-0.3, -0.25) is 9.59 Å². The molecule has 0 fully saturated rings. The minimum Gasteiger partial charge on any atom is -0.352 e. The van der Waals surface area contributed by atoms with Crippen LogP contribution in [0.2, 0.25) is 15.1 Å². The van der Waals surface area contributed by atoms with Crippen LogP contribution in [0.25, 0.3) is 0 Å². The van der Waals surface area contributed by atoms with Crippen molar-refractivity contribution in [2.45, 2.75) is 51.7 Å². The SMILES string of the molecule is CC[C@H](C)NC(=O)[C@@H](Cc1ccccc1)N(Cc1cccc(Cl)c1)C(=O)Cc1ccc(Cl)cc1Cl. The van der Waals surface area contributed by atoms with Gasteiger partial charge in [0, 0.05) is 34.1 Å². The summed E-state index contributed by atoms with van der Waals surface area (Å²) in [6.07, 6.45) is 1.20. The Balaban J connectivity index is 1.99. The molecule has 35 heavy (non-hydrogen) atoms. The molecular weight excluding hydrogens is 503 g/mol. The molecule has 2 amide bonds. The molecule has 2 atom stereocenters. The Bertz CT molecular complexity index is 1150. The van der Waals surface area contributed by atoms with Crippen molar-refractivity contribution in [3.8, 4) is 0 Å². The summed E-state index contributed by atoms with van der Waals surface area (Å²) in [7, 11) is 0. The second-order valence-corrected chi connectivity index (χ2v) is 9.87. The summed E-state index contributed by atoms with van der Waals surface area (Å²) >= 11 is 18.6. The number of rotatable bonds is 10. The number of hydrogen-bond donors (Lipinski definition) is 1. The fraction of sp³-hybridized carbons (Fsp3) is 0.286. The molecule has 0 aliphatic heterocycles. The lowest BCUT2D eigenvalue weighted by Gasteiger charge is -2.32. The minimum absolute atomic E-state index is 0.0189. The molecule has 3 aromatic rings. The molecule has 0 bridgehead atoms. The van der Waals surface area contributed by atoms with Crippen LogP contribution in [0.1, 0.15) is 37.0 Å². The lowest BCUT2D eigenvalue weighted by molar-refractivity contribution is -0.141. The highest BCUT2D eigenvalue weighted by molar-refractivity contribution is 6.35. The highest BCUT2D eigenvalue weighted by Crippen LogP contribution is 2.24. The number of nitrogens with one attached hydrogen (secondary N) is 1. The van der Waals surface area contributed by atoms with E-state index in [2.05, 4.69) is 5.32 Å². The van der Waals surface area contributed by atoms with E-state index in [9.17, 15) is 9.59 Å². The Morgan fingerprint density at radius 3 is 2.23 bits per heavy atom. The van der Waals surface area contributed by atoms with E-state index in [1.165, 1.54) is 0 Å². The molecule has 0 heterocycles. The summed E-state index contributed by atoms with van der Waals surface area (Å²) < 4.78 is 0. The van der Waals surface area contributed by atoms with Gasteiger partial charge in [0.25, 0.3) is 0 Å². The molecule has 0 aliphatic carbocycles. The first kappa shape index (κ1) is 27.1. The van der Waals surface area contributed by atoms with Gasteiger partial charge in [-0.1, -0.05) is 90.3 Å². The molecule has 0 spiro atoms. The van der Waals surface area contributed by atoms with Crippen molar-refractivity contribution < 1.29 is 9.59 Å².